The van der Waals surface area contributed by atoms with Crippen LogP contribution >= 0.6 is 11.6 Å². The third kappa shape index (κ3) is 3.57. The third-order valence-corrected chi connectivity index (χ3v) is 3.24. The monoisotopic (exact) mass is 339 g/mol. The quantitative estimate of drug-likeness (QED) is 0.841. The lowest BCUT2D eigenvalue weighted by Gasteiger charge is -2.13. The van der Waals surface area contributed by atoms with Gasteiger partial charge in [0.2, 0.25) is 5.75 Å². The summed E-state index contributed by atoms with van der Waals surface area (Å²) in [6, 6.07) is 3.95. The van der Waals surface area contributed by atoms with Crippen molar-refractivity contribution in [2.24, 2.45) is 0 Å². The van der Waals surface area contributed by atoms with E-state index < -0.39 is 11.5 Å². The van der Waals surface area contributed by atoms with Crippen molar-refractivity contribution in [2.45, 2.75) is 0 Å². The molecule has 0 spiro atoms. The molecule has 1 aromatic heterocycles. The number of hydrogen-bond acceptors (Lipinski definition) is 6. The van der Waals surface area contributed by atoms with Gasteiger partial charge in [-0.3, -0.25) is 4.79 Å². The molecule has 1 aromatic carbocycles. The molecule has 0 atom stereocenters. The van der Waals surface area contributed by atoms with Crippen LogP contribution in [-0.2, 0) is 0 Å². The number of methoxy groups -OCH3 is 3. The van der Waals surface area contributed by atoms with Gasteiger partial charge in [-0.25, -0.2) is 4.79 Å². The zero-order valence-corrected chi connectivity index (χ0v) is 13.4. The van der Waals surface area contributed by atoms with Crippen LogP contribution in [0.5, 0.6) is 23.0 Å². The topological polar surface area (TPSA) is 86.9 Å². The van der Waals surface area contributed by atoms with Gasteiger partial charge in [0.15, 0.2) is 17.2 Å². The van der Waals surface area contributed by atoms with E-state index >= 15 is 0 Å². The second-order valence-electron chi connectivity index (χ2n) is 4.31. The maximum atomic E-state index is 12.3. The highest BCUT2D eigenvalue weighted by Crippen LogP contribution is 2.38. The Labute approximate surface area is 136 Å². The SMILES string of the molecule is COc1cc(C(=O)Oc2cc(=O)[nH]cc2Cl)cc(OC)c1OC. The smallest absolute Gasteiger partial charge is 0.343 e. The average molecular weight is 340 g/mol. The highest BCUT2D eigenvalue weighted by Gasteiger charge is 2.19. The van der Waals surface area contributed by atoms with Crippen molar-refractivity contribution in [3.63, 3.8) is 0 Å². The summed E-state index contributed by atoms with van der Waals surface area (Å²) < 4.78 is 20.7. The highest BCUT2D eigenvalue weighted by atomic mass is 35.5. The van der Waals surface area contributed by atoms with E-state index in [0.29, 0.717) is 17.2 Å². The molecule has 1 N–H and O–H groups in total. The van der Waals surface area contributed by atoms with Crippen LogP contribution in [0.1, 0.15) is 10.4 Å². The summed E-state index contributed by atoms with van der Waals surface area (Å²) in [4.78, 5) is 25.9. The maximum Gasteiger partial charge on any atom is 0.343 e. The van der Waals surface area contributed by atoms with E-state index in [9.17, 15) is 9.59 Å². The number of ether oxygens (including phenoxy) is 4. The highest BCUT2D eigenvalue weighted by molar-refractivity contribution is 6.32. The molecule has 0 aliphatic rings. The van der Waals surface area contributed by atoms with Gasteiger partial charge in [0.25, 0.3) is 5.56 Å². The molecule has 0 aliphatic carbocycles. The Morgan fingerprint density at radius 2 is 1.61 bits per heavy atom. The lowest BCUT2D eigenvalue weighted by Crippen LogP contribution is -2.12. The molecule has 2 aromatic rings. The van der Waals surface area contributed by atoms with Gasteiger partial charge in [-0.15, -0.1) is 0 Å². The summed E-state index contributed by atoms with van der Waals surface area (Å²) in [6.07, 6.45) is 1.24. The van der Waals surface area contributed by atoms with Crippen LogP contribution < -0.4 is 24.5 Å². The molecule has 0 saturated heterocycles. The van der Waals surface area contributed by atoms with E-state index in [0.717, 1.165) is 6.07 Å². The fraction of sp³-hybridized carbons (Fsp3) is 0.200. The number of benzene rings is 1. The molecule has 0 bridgehead atoms. The van der Waals surface area contributed by atoms with Crippen molar-refractivity contribution < 1.29 is 23.7 Å². The van der Waals surface area contributed by atoms with E-state index in [1.807, 2.05) is 0 Å². The van der Waals surface area contributed by atoms with Crippen molar-refractivity contribution in [3.8, 4) is 23.0 Å². The second-order valence-corrected chi connectivity index (χ2v) is 4.72. The molecule has 122 valence electrons. The lowest BCUT2D eigenvalue weighted by molar-refractivity contribution is 0.0733. The molecule has 2 rings (SSSR count). The summed E-state index contributed by atoms with van der Waals surface area (Å²) >= 11 is 5.88. The molecule has 0 fully saturated rings. The van der Waals surface area contributed by atoms with Gasteiger partial charge in [0.1, 0.15) is 0 Å². The number of nitrogens with one attached hydrogen (secondary N) is 1. The number of pyridine rings is 1. The van der Waals surface area contributed by atoms with Crippen LogP contribution in [0.3, 0.4) is 0 Å². The maximum absolute atomic E-state index is 12.3. The van der Waals surface area contributed by atoms with Crippen LogP contribution in [0.25, 0.3) is 0 Å². The molecule has 0 aliphatic heterocycles. The van der Waals surface area contributed by atoms with Gasteiger partial charge in [-0.2, -0.15) is 0 Å². The number of rotatable bonds is 5. The number of hydrogen-bond donors (Lipinski definition) is 1. The lowest BCUT2D eigenvalue weighted by atomic mass is 10.2. The molecule has 0 amide bonds. The van der Waals surface area contributed by atoms with Gasteiger partial charge < -0.3 is 23.9 Å². The van der Waals surface area contributed by atoms with Crippen molar-refractivity contribution in [2.75, 3.05) is 21.3 Å². The normalized spacial score (nSPS) is 10.1. The van der Waals surface area contributed by atoms with Crippen LogP contribution in [-0.4, -0.2) is 32.3 Å². The zero-order chi connectivity index (χ0) is 17.0. The third-order valence-electron chi connectivity index (χ3n) is 2.94. The minimum atomic E-state index is -0.725. The second kappa shape index (κ2) is 7.06. The Kier molecular flexibility index (Phi) is 5.13. The van der Waals surface area contributed by atoms with Gasteiger partial charge >= 0.3 is 5.97 Å². The number of esters is 1. The summed E-state index contributed by atoms with van der Waals surface area (Å²) in [6.45, 7) is 0. The first-order valence-electron chi connectivity index (χ1n) is 6.40. The Hall–Kier alpha value is -2.67. The molecule has 0 saturated carbocycles. The van der Waals surface area contributed by atoms with Crippen molar-refractivity contribution >= 4 is 17.6 Å². The summed E-state index contributed by atoms with van der Waals surface area (Å²) in [5.41, 5.74) is -0.294. The summed E-state index contributed by atoms with van der Waals surface area (Å²) in [7, 11) is 4.31. The fourth-order valence-electron chi connectivity index (χ4n) is 1.87. The van der Waals surface area contributed by atoms with Gasteiger partial charge in [-0.05, 0) is 12.1 Å². The van der Waals surface area contributed by atoms with E-state index in [-0.39, 0.29) is 16.3 Å². The summed E-state index contributed by atoms with van der Waals surface area (Å²) in [5, 5.41) is 0.102. The Balaban J connectivity index is 2.39. The largest absolute Gasteiger partial charge is 0.493 e. The Morgan fingerprint density at radius 1 is 1.00 bits per heavy atom. The average Bonchev–Trinajstić information content (AvgIpc) is 2.56. The van der Waals surface area contributed by atoms with Crippen LogP contribution in [0.15, 0.2) is 29.2 Å². The Bertz CT molecular complexity index is 761. The number of H-pyrrole nitrogens is 1. The predicted octanol–water partition coefficient (Wildman–Crippen LogP) is 2.27. The first-order chi connectivity index (χ1) is 11.0. The fourth-order valence-corrected chi connectivity index (χ4v) is 2.02. The number of carbonyl (C=O) groups excluding carboxylic acids is 1. The van der Waals surface area contributed by atoms with Gasteiger partial charge in [-0.1, -0.05) is 11.6 Å². The molecule has 1 heterocycles. The number of aromatic nitrogens is 1. The molecule has 0 radical (unpaired) electrons. The Morgan fingerprint density at radius 3 is 2.13 bits per heavy atom. The van der Waals surface area contributed by atoms with Gasteiger partial charge in [0.05, 0.1) is 31.9 Å². The van der Waals surface area contributed by atoms with E-state index in [1.54, 1.807) is 0 Å². The van der Waals surface area contributed by atoms with Crippen molar-refractivity contribution in [3.05, 3.63) is 45.3 Å². The standard InChI is InChI=1S/C15H14ClNO6/c1-20-11-4-8(5-12(21-2)14(11)22-3)15(19)23-10-6-13(18)17-7-9(10)16/h4-7H,1-3H3,(H,17,18). The predicted molar refractivity (Wildman–Crippen MR) is 83.1 cm³/mol. The number of halogens is 1. The molecule has 0 unspecified atom stereocenters. The minimum Gasteiger partial charge on any atom is -0.493 e. The van der Waals surface area contributed by atoms with Crippen molar-refractivity contribution in [1.29, 1.82) is 0 Å². The van der Waals surface area contributed by atoms with Crippen LogP contribution in [0.2, 0.25) is 5.02 Å². The molecular weight excluding hydrogens is 326 g/mol. The number of aromatic amines is 1. The molecule has 23 heavy (non-hydrogen) atoms. The summed E-state index contributed by atoms with van der Waals surface area (Å²) in [5.74, 6) is 0.179. The first-order valence-corrected chi connectivity index (χ1v) is 6.78. The van der Waals surface area contributed by atoms with Gasteiger partial charge in [0, 0.05) is 12.3 Å². The van der Waals surface area contributed by atoms with Crippen LogP contribution in [0.4, 0.5) is 0 Å². The minimum absolute atomic E-state index is 0.0471. The molecule has 8 heteroatoms. The van der Waals surface area contributed by atoms with Crippen molar-refractivity contribution in [1.82, 2.24) is 4.98 Å². The first kappa shape index (κ1) is 16.7. The van der Waals surface area contributed by atoms with E-state index in [4.69, 9.17) is 30.5 Å². The van der Waals surface area contributed by atoms with E-state index in [1.165, 1.54) is 39.7 Å². The van der Waals surface area contributed by atoms with E-state index in [2.05, 4.69) is 4.98 Å². The van der Waals surface area contributed by atoms with Crippen LogP contribution in [0, 0.1) is 0 Å². The molecular formula is C15H14ClNO6. The molecule has 7 nitrogen and oxygen atoms in total. The number of carbonyl (C=O) groups is 1. The zero-order valence-electron chi connectivity index (χ0n) is 12.6.